The van der Waals surface area contributed by atoms with Crippen LogP contribution in [0.3, 0.4) is 0 Å². The zero-order valence-corrected chi connectivity index (χ0v) is 12.6. The second kappa shape index (κ2) is 7.10. The van der Waals surface area contributed by atoms with Gasteiger partial charge in [-0.2, -0.15) is 10.2 Å². The number of nitrogens with one attached hydrogen (secondary N) is 1. The average molecular weight is 318 g/mol. The lowest BCUT2D eigenvalue weighted by Crippen LogP contribution is -2.07. The van der Waals surface area contributed by atoms with Crippen molar-refractivity contribution in [3.63, 3.8) is 0 Å². The molecule has 0 fully saturated rings. The van der Waals surface area contributed by atoms with Crippen LogP contribution in [0.5, 0.6) is 0 Å². The van der Waals surface area contributed by atoms with Gasteiger partial charge in [-0.3, -0.25) is 4.79 Å². The molecule has 2 aromatic carbocycles. The van der Waals surface area contributed by atoms with E-state index in [1.54, 1.807) is 24.3 Å². The summed E-state index contributed by atoms with van der Waals surface area (Å²) < 4.78 is 0. The van der Waals surface area contributed by atoms with Gasteiger partial charge in [0.15, 0.2) is 5.69 Å². The number of hydrogen-bond donors (Lipinski definition) is 2. The molecule has 0 saturated heterocycles. The molecule has 0 unspecified atom stereocenters. The number of benzene rings is 2. The first-order valence-electron chi connectivity index (χ1n) is 7.19. The molecule has 0 bridgehead atoms. The zero-order chi connectivity index (χ0) is 16.8. The van der Waals surface area contributed by atoms with Crippen molar-refractivity contribution in [3.05, 3.63) is 77.1 Å². The third-order valence-electron chi connectivity index (χ3n) is 3.09. The van der Waals surface area contributed by atoms with Crippen molar-refractivity contribution < 1.29 is 0 Å². The van der Waals surface area contributed by atoms with Gasteiger partial charge in [-0.15, -0.1) is 10.2 Å². The van der Waals surface area contributed by atoms with E-state index in [0.717, 1.165) is 0 Å². The minimum atomic E-state index is -0.439. The summed E-state index contributed by atoms with van der Waals surface area (Å²) in [5.74, 6) is 0.123. The van der Waals surface area contributed by atoms with Gasteiger partial charge in [0, 0.05) is 6.07 Å². The van der Waals surface area contributed by atoms with Crippen molar-refractivity contribution in [2.24, 2.45) is 20.5 Å². The fourth-order valence-corrected chi connectivity index (χ4v) is 1.89. The largest absolute Gasteiger partial charge is 0.383 e. The number of aromatic amines is 1. The standard InChI is InChI=1S/C17H14N6O/c18-16-14(22-20-12-7-3-1-4-8-12)11-15(17(24)19-16)23-21-13-9-5-2-6-10-13/h1-11H,(H3,18,19,24). The van der Waals surface area contributed by atoms with Crippen molar-refractivity contribution in [3.8, 4) is 0 Å². The Morgan fingerprint density at radius 2 is 1.21 bits per heavy atom. The second-order valence-corrected chi connectivity index (χ2v) is 4.85. The number of pyridine rings is 1. The molecule has 1 heterocycles. The topological polar surface area (TPSA) is 108 Å². The number of azo groups is 2. The van der Waals surface area contributed by atoms with Crippen LogP contribution in [0, 0.1) is 0 Å². The van der Waals surface area contributed by atoms with Crippen LogP contribution in [-0.4, -0.2) is 4.98 Å². The number of rotatable bonds is 4. The Labute approximate surface area is 137 Å². The van der Waals surface area contributed by atoms with Gasteiger partial charge in [0.25, 0.3) is 5.56 Å². The number of nitrogens with two attached hydrogens (primary N) is 1. The molecule has 0 spiro atoms. The monoisotopic (exact) mass is 318 g/mol. The fraction of sp³-hybridized carbons (Fsp3) is 0. The molecule has 7 heteroatoms. The first-order chi connectivity index (χ1) is 11.7. The molecular weight excluding hydrogens is 304 g/mol. The highest BCUT2D eigenvalue weighted by atomic mass is 16.1. The Kier molecular flexibility index (Phi) is 4.52. The lowest BCUT2D eigenvalue weighted by molar-refractivity contribution is 1.14. The summed E-state index contributed by atoms with van der Waals surface area (Å²) in [5, 5.41) is 16.1. The zero-order valence-electron chi connectivity index (χ0n) is 12.6. The Morgan fingerprint density at radius 3 is 1.75 bits per heavy atom. The third kappa shape index (κ3) is 3.77. The number of H-pyrrole nitrogens is 1. The summed E-state index contributed by atoms with van der Waals surface area (Å²) in [6.07, 6.45) is 0. The molecule has 0 saturated carbocycles. The Morgan fingerprint density at radius 1 is 0.708 bits per heavy atom. The predicted octanol–water partition coefficient (Wildman–Crippen LogP) is 4.79. The third-order valence-corrected chi connectivity index (χ3v) is 3.09. The molecule has 0 radical (unpaired) electrons. The van der Waals surface area contributed by atoms with Gasteiger partial charge in [-0.05, 0) is 24.3 Å². The lowest BCUT2D eigenvalue weighted by atomic mass is 10.3. The van der Waals surface area contributed by atoms with Crippen LogP contribution in [0.25, 0.3) is 0 Å². The number of aromatic nitrogens is 1. The highest BCUT2D eigenvalue weighted by Gasteiger charge is 2.05. The van der Waals surface area contributed by atoms with E-state index in [1.165, 1.54) is 6.07 Å². The van der Waals surface area contributed by atoms with Crippen LogP contribution in [0.4, 0.5) is 28.6 Å². The summed E-state index contributed by atoms with van der Waals surface area (Å²) in [6.45, 7) is 0. The van der Waals surface area contributed by atoms with E-state index >= 15 is 0 Å². The highest BCUT2D eigenvalue weighted by molar-refractivity contribution is 5.62. The number of hydrogen-bond acceptors (Lipinski definition) is 6. The van der Waals surface area contributed by atoms with Gasteiger partial charge in [-0.1, -0.05) is 36.4 Å². The summed E-state index contributed by atoms with van der Waals surface area (Å²) in [5.41, 5.74) is 7.08. The maximum Gasteiger partial charge on any atom is 0.277 e. The summed E-state index contributed by atoms with van der Waals surface area (Å²) in [4.78, 5) is 14.4. The Balaban J connectivity index is 1.90. The van der Waals surface area contributed by atoms with Crippen molar-refractivity contribution in [1.29, 1.82) is 0 Å². The molecule has 0 aliphatic rings. The minimum Gasteiger partial charge on any atom is -0.383 e. The maximum atomic E-state index is 11.9. The van der Waals surface area contributed by atoms with Crippen LogP contribution in [0.2, 0.25) is 0 Å². The maximum absolute atomic E-state index is 11.9. The van der Waals surface area contributed by atoms with Gasteiger partial charge in [-0.25, -0.2) is 0 Å². The van der Waals surface area contributed by atoms with E-state index in [2.05, 4.69) is 25.4 Å². The lowest BCUT2D eigenvalue weighted by Gasteiger charge is -2.00. The van der Waals surface area contributed by atoms with E-state index in [4.69, 9.17) is 5.73 Å². The number of anilines is 1. The van der Waals surface area contributed by atoms with E-state index in [9.17, 15) is 4.79 Å². The van der Waals surface area contributed by atoms with Crippen LogP contribution in [-0.2, 0) is 0 Å². The molecule has 0 atom stereocenters. The average Bonchev–Trinajstić information content (AvgIpc) is 2.62. The van der Waals surface area contributed by atoms with Crippen molar-refractivity contribution >= 4 is 28.6 Å². The molecule has 3 aromatic rings. The van der Waals surface area contributed by atoms with Crippen molar-refractivity contribution in [2.75, 3.05) is 5.73 Å². The Bertz CT molecular complexity index is 932. The molecule has 3 N–H and O–H groups in total. The second-order valence-electron chi connectivity index (χ2n) is 4.85. The van der Waals surface area contributed by atoms with Crippen LogP contribution < -0.4 is 11.3 Å². The number of nitrogens with zero attached hydrogens (tertiary/aromatic N) is 4. The van der Waals surface area contributed by atoms with Gasteiger partial charge >= 0.3 is 0 Å². The highest BCUT2D eigenvalue weighted by Crippen LogP contribution is 2.25. The summed E-state index contributed by atoms with van der Waals surface area (Å²) in [7, 11) is 0. The van der Waals surface area contributed by atoms with Crippen molar-refractivity contribution in [2.45, 2.75) is 0 Å². The molecule has 0 aliphatic heterocycles. The van der Waals surface area contributed by atoms with E-state index in [1.807, 2.05) is 36.4 Å². The van der Waals surface area contributed by atoms with Gasteiger partial charge in [0.2, 0.25) is 0 Å². The molecule has 3 rings (SSSR count). The van der Waals surface area contributed by atoms with Crippen molar-refractivity contribution in [1.82, 2.24) is 4.98 Å². The van der Waals surface area contributed by atoms with Gasteiger partial charge < -0.3 is 10.7 Å². The normalized spacial score (nSPS) is 11.3. The fourth-order valence-electron chi connectivity index (χ4n) is 1.89. The number of nitrogen functional groups attached to an aromatic ring is 1. The molecule has 0 aliphatic carbocycles. The van der Waals surface area contributed by atoms with Gasteiger partial charge in [0.05, 0.1) is 11.4 Å². The molecule has 24 heavy (non-hydrogen) atoms. The summed E-state index contributed by atoms with van der Waals surface area (Å²) >= 11 is 0. The van der Waals surface area contributed by atoms with Crippen LogP contribution >= 0.6 is 0 Å². The van der Waals surface area contributed by atoms with Crippen LogP contribution in [0.15, 0.2) is 92.0 Å². The van der Waals surface area contributed by atoms with Crippen LogP contribution in [0.1, 0.15) is 0 Å². The molecule has 0 amide bonds. The first kappa shape index (κ1) is 15.3. The smallest absolute Gasteiger partial charge is 0.277 e. The SMILES string of the molecule is Nc1[nH]c(=O)c(N=Nc2ccccc2)cc1N=Nc1ccccc1. The quantitative estimate of drug-likeness (QED) is 0.674. The molecule has 7 nitrogen and oxygen atoms in total. The molecular formula is C17H14N6O. The van der Waals surface area contributed by atoms with E-state index in [0.29, 0.717) is 17.1 Å². The first-order valence-corrected chi connectivity index (χ1v) is 7.19. The van der Waals surface area contributed by atoms with E-state index < -0.39 is 5.56 Å². The summed E-state index contributed by atoms with van der Waals surface area (Å²) in [6, 6.07) is 19.8. The predicted molar refractivity (Wildman–Crippen MR) is 92.7 cm³/mol. The molecule has 118 valence electrons. The van der Waals surface area contributed by atoms with Gasteiger partial charge in [0.1, 0.15) is 11.5 Å². The van der Waals surface area contributed by atoms with E-state index in [-0.39, 0.29) is 11.5 Å². The Hall–Kier alpha value is -3.61. The molecule has 1 aromatic heterocycles. The minimum absolute atomic E-state index is 0.107.